The second kappa shape index (κ2) is 8.44. The number of aromatic nitrogens is 1. The van der Waals surface area contributed by atoms with Crippen molar-refractivity contribution in [2.45, 2.75) is 12.1 Å². The van der Waals surface area contributed by atoms with E-state index in [1.807, 2.05) is 84.9 Å². The average Bonchev–Trinajstić information content (AvgIpc) is 3.24. The number of hydrogen-bond donors (Lipinski definition) is 1. The van der Waals surface area contributed by atoms with Crippen LogP contribution in [0.15, 0.2) is 84.9 Å². The summed E-state index contributed by atoms with van der Waals surface area (Å²) in [6.07, 6.45) is -0.900. The number of carbonyl (C=O) groups is 1. The summed E-state index contributed by atoms with van der Waals surface area (Å²) in [6.45, 7) is 0. The molecule has 1 saturated heterocycles. The summed E-state index contributed by atoms with van der Waals surface area (Å²) in [5, 5.41) is 4.00. The van der Waals surface area contributed by atoms with Gasteiger partial charge in [0, 0.05) is 10.9 Å². The number of benzene rings is 3. The van der Waals surface area contributed by atoms with Gasteiger partial charge in [-0.15, -0.1) is 0 Å². The number of pyridine rings is 1. The average molecular weight is 420 g/mol. The molecule has 1 amide bonds. The molecule has 1 fully saturated rings. The third-order valence-electron chi connectivity index (χ3n) is 5.41. The van der Waals surface area contributed by atoms with Gasteiger partial charge in [0.05, 0.1) is 18.7 Å². The van der Waals surface area contributed by atoms with Gasteiger partial charge < -0.3 is 14.8 Å². The zero-order chi connectivity index (χ0) is 21.9. The van der Waals surface area contributed by atoms with Crippen molar-refractivity contribution in [2.24, 2.45) is 0 Å². The highest BCUT2D eigenvalue weighted by Crippen LogP contribution is 2.37. The summed E-state index contributed by atoms with van der Waals surface area (Å²) in [4.78, 5) is 16.7. The number of cyclic esters (lactones) is 1. The molecule has 4 aromatic rings. The van der Waals surface area contributed by atoms with E-state index in [9.17, 15) is 4.79 Å². The number of nitrogens with one attached hydrogen (secondary N) is 1. The Hall–Kier alpha value is -4.30. The Morgan fingerprint density at radius 2 is 1.75 bits per heavy atom. The molecule has 3 aromatic carbocycles. The quantitative estimate of drug-likeness (QED) is 0.465. The van der Waals surface area contributed by atoms with Crippen LogP contribution in [-0.4, -0.2) is 18.2 Å². The topological polar surface area (TPSA) is 60.5 Å². The van der Waals surface area contributed by atoms with Crippen LogP contribution < -0.4 is 10.1 Å². The van der Waals surface area contributed by atoms with Crippen LogP contribution in [0.3, 0.4) is 0 Å². The van der Waals surface area contributed by atoms with Crippen molar-refractivity contribution < 1.29 is 14.3 Å². The van der Waals surface area contributed by atoms with E-state index >= 15 is 0 Å². The lowest BCUT2D eigenvalue weighted by Crippen LogP contribution is -2.19. The highest BCUT2D eigenvalue weighted by Gasteiger charge is 2.36. The van der Waals surface area contributed by atoms with Gasteiger partial charge in [-0.05, 0) is 53.4 Å². The summed E-state index contributed by atoms with van der Waals surface area (Å²) >= 11 is 0. The molecule has 5 heteroatoms. The second-order valence-corrected chi connectivity index (χ2v) is 7.49. The van der Waals surface area contributed by atoms with Gasteiger partial charge in [-0.25, -0.2) is 9.78 Å². The van der Waals surface area contributed by atoms with Gasteiger partial charge in [-0.2, -0.15) is 0 Å². The van der Waals surface area contributed by atoms with Crippen LogP contribution in [0.4, 0.5) is 4.79 Å². The van der Waals surface area contributed by atoms with E-state index in [1.54, 1.807) is 7.11 Å². The Labute approximate surface area is 186 Å². The maximum Gasteiger partial charge on any atom is 0.408 e. The minimum atomic E-state index is -0.456. The molecule has 32 heavy (non-hydrogen) atoms. The second-order valence-electron chi connectivity index (χ2n) is 7.49. The molecule has 1 aliphatic rings. The molecule has 1 N–H and O–H groups in total. The van der Waals surface area contributed by atoms with Crippen molar-refractivity contribution >= 4 is 17.0 Å². The lowest BCUT2D eigenvalue weighted by atomic mass is 9.95. The molecule has 0 aliphatic carbocycles. The van der Waals surface area contributed by atoms with Crippen molar-refractivity contribution in [3.63, 3.8) is 0 Å². The zero-order valence-corrected chi connectivity index (χ0v) is 17.4. The molecule has 1 aromatic heterocycles. The Morgan fingerprint density at radius 3 is 2.66 bits per heavy atom. The van der Waals surface area contributed by atoms with Crippen LogP contribution in [0.2, 0.25) is 0 Å². The highest BCUT2D eigenvalue weighted by atomic mass is 16.6. The monoisotopic (exact) mass is 420 g/mol. The van der Waals surface area contributed by atoms with Gasteiger partial charge in [-0.3, -0.25) is 0 Å². The van der Waals surface area contributed by atoms with Gasteiger partial charge in [0.15, 0.2) is 6.10 Å². The summed E-state index contributed by atoms with van der Waals surface area (Å²) in [5.41, 5.74) is 4.25. The molecular formula is C27H20N2O3. The first-order valence-electron chi connectivity index (χ1n) is 10.3. The number of para-hydroxylation sites is 1. The largest absolute Gasteiger partial charge is 0.497 e. The third kappa shape index (κ3) is 3.99. The fourth-order valence-electron chi connectivity index (χ4n) is 3.84. The number of fused-ring (bicyclic) bond motifs is 1. The first-order valence-corrected chi connectivity index (χ1v) is 10.3. The smallest absolute Gasteiger partial charge is 0.408 e. The fourth-order valence-corrected chi connectivity index (χ4v) is 3.84. The number of ether oxygens (including phenoxy) is 2. The standard InChI is InChI=1S/C27H20N2O3/c1-31-23-10-5-9-21(17-23)26-25(29-27(30)32-26)20-8-4-6-18(16-20)12-14-22-15-13-19-7-2-3-11-24(19)28-22/h2-11,13,15-17,25-26H,1H3,(H,29,30)/t25-,26-/m1/s1. The molecule has 1 aliphatic heterocycles. The number of alkyl carbamates (subject to hydrolysis) is 1. The molecular weight excluding hydrogens is 400 g/mol. The number of rotatable bonds is 3. The predicted octanol–water partition coefficient (Wildman–Crippen LogP) is 5.17. The molecule has 2 heterocycles. The normalized spacial score (nSPS) is 17.2. The molecule has 2 atom stereocenters. The first-order chi connectivity index (χ1) is 15.7. The van der Waals surface area contributed by atoms with Crippen molar-refractivity contribution in [3.05, 3.63) is 107 Å². The van der Waals surface area contributed by atoms with E-state index in [2.05, 4.69) is 22.1 Å². The maximum absolute atomic E-state index is 12.1. The fraction of sp³-hybridized carbons (Fsp3) is 0.111. The van der Waals surface area contributed by atoms with Crippen LogP contribution in [0, 0.1) is 11.8 Å². The van der Waals surface area contributed by atoms with Crippen LogP contribution >= 0.6 is 0 Å². The molecule has 5 rings (SSSR count). The van der Waals surface area contributed by atoms with E-state index < -0.39 is 12.2 Å². The van der Waals surface area contributed by atoms with Crippen molar-refractivity contribution in [1.82, 2.24) is 10.3 Å². The van der Waals surface area contributed by atoms with Gasteiger partial charge in [0.2, 0.25) is 0 Å². The summed E-state index contributed by atoms with van der Waals surface area (Å²) in [5.74, 6) is 7.04. The SMILES string of the molecule is COc1cccc([C@H]2OC(=O)N[C@@H]2c2cccc(C#Cc3ccc4ccccc4n3)c2)c1. The Morgan fingerprint density at radius 1 is 0.906 bits per heavy atom. The minimum absolute atomic E-state index is 0.324. The lowest BCUT2D eigenvalue weighted by molar-refractivity contribution is 0.132. The van der Waals surface area contributed by atoms with Crippen LogP contribution in [0.5, 0.6) is 5.75 Å². The number of amides is 1. The Balaban J connectivity index is 1.44. The summed E-state index contributed by atoms with van der Waals surface area (Å²) in [7, 11) is 1.61. The number of nitrogens with zero attached hydrogens (tertiary/aromatic N) is 1. The van der Waals surface area contributed by atoms with Gasteiger partial charge in [-0.1, -0.05) is 54.5 Å². The lowest BCUT2D eigenvalue weighted by Gasteiger charge is -2.18. The van der Waals surface area contributed by atoms with Gasteiger partial charge in [0.25, 0.3) is 0 Å². The summed E-state index contributed by atoms with van der Waals surface area (Å²) in [6, 6.07) is 26.9. The van der Waals surface area contributed by atoms with E-state index in [1.165, 1.54) is 0 Å². The number of carbonyl (C=O) groups excluding carboxylic acids is 1. The molecule has 0 spiro atoms. The van der Waals surface area contributed by atoms with Crippen molar-refractivity contribution in [3.8, 4) is 17.6 Å². The molecule has 0 unspecified atom stereocenters. The minimum Gasteiger partial charge on any atom is -0.497 e. The summed E-state index contributed by atoms with van der Waals surface area (Å²) < 4.78 is 10.9. The molecule has 0 radical (unpaired) electrons. The van der Waals surface area contributed by atoms with Crippen LogP contribution in [0.1, 0.15) is 34.5 Å². The van der Waals surface area contributed by atoms with E-state index in [4.69, 9.17) is 9.47 Å². The highest BCUT2D eigenvalue weighted by molar-refractivity contribution is 5.78. The van der Waals surface area contributed by atoms with Crippen molar-refractivity contribution in [2.75, 3.05) is 7.11 Å². The third-order valence-corrected chi connectivity index (χ3v) is 5.41. The van der Waals surface area contributed by atoms with E-state index in [0.29, 0.717) is 11.4 Å². The molecule has 156 valence electrons. The van der Waals surface area contributed by atoms with E-state index in [-0.39, 0.29) is 6.04 Å². The maximum atomic E-state index is 12.1. The molecule has 0 bridgehead atoms. The first kappa shape index (κ1) is 19.7. The molecule has 5 nitrogen and oxygen atoms in total. The van der Waals surface area contributed by atoms with Crippen LogP contribution in [0.25, 0.3) is 10.9 Å². The van der Waals surface area contributed by atoms with Gasteiger partial charge in [0.1, 0.15) is 11.4 Å². The van der Waals surface area contributed by atoms with Crippen LogP contribution in [-0.2, 0) is 4.74 Å². The predicted molar refractivity (Wildman–Crippen MR) is 122 cm³/mol. The Kier molecular flexibility index (Phi) is 5.19. The van der Waals surface area contributed by atoms with E-state index in [0.717, 1.165) is 27.6 Å². The van der Waals surface area contributed by atoms with Crippen molar-refractivity contribution in [1.29, 1.82) is 0 Å². The zero-order valence-electron chi connectivity index (χ0n) is 17.4. The molecule has 0 saturated carbocycles. The number of methoxy groups -OCH3 is 1. The van der Waals surface area contributed by atoms with Gasteiger partial charge >= 0.3 is 6.09 Å². The number of hydrogen-bond acceptors (Lipinski definition) is 4. The Bertz CT molecular complexity index is 1370.